The molecule has 0 aromatic heterocycles. The normalized spacial score (nSPS) is 10.9. The van der Waals surface area contributed by atoms with Crippen LogP contribution in [-0.2, 0) is 13.1 Å². The summed E-state index contributed by atoms with van der Waals surface area (Å²) >= 11 is 3.70. The maximum absolute atomic E-state index is 3.70. The summed E-state index contributed by atoms with van der Waals surface area (Å²) in [6.07, 6.45) is 0. The predicted molar refractivity (Wildman–Crippen MR) is 94.7 cm³/mol. The standard InChI is InChI=1S/C18H23BrN2/c1-14(2)20-12-15-9-10-16(18(19)11-15)13-21(3)17-7-5-4-6-8-17/h4-11,14,20H,12-13H2,1-3H3. The zero-order valence-electron chi connectivity index (χ0n) is 12.9. The lowest BCUT2D eigenvalue weighted by Crippen LogP contribution is -2.22. The van der Waals surface area contributed by atoms with Gasteiger partial charge in [-0.3, -0.25) is 0 Å². The lowest BCUT2D eigenvalue weighted by molar-refractivity contribution is 0.588. The average Bonchev–Trinajstić information content (AvgIpc) is 2.48. The van der Waals surface area contributed by atoms with Crippen LogP contribution >= 0.6 is 15.9 Å². The molecule has 0 aliphatic carbocycles. The van der Waals surface area contributed by atoms with Crippen LogP contribution in [0.4, 0.5) is 5.69 Å². The van der Waals surface area contributed by atoms with Crippen molar-refractivity contribution in [1.29, 1.82) is 0 Å². The molecule has 0 aliphatic heterocycles. The molecule has 0 saturated carbocycles. The van der Waals surface area contributed by atoms with E-state index in [9.17, 15) is 0 Å². The second-order valence-electron chi connectivity index (χ2n) is 5.65. The maximum Gasteiger partial charge on any atom is 0.0437 e. The highest BCUT2D eigenvalue weighted by Gasteiger charge is 2.06. The van der Waals surface area contributed by atoms with Gasteiger partial charge >= 0.3 is 0 Å². The highest BCUT2D eigenvalue weighted by molar-refractivity contribution is 9.10. The van der Waals surface area contributed by atoms with E-state index in [1.165, 1.54) is 21.3 Å². The Kier molecular flexibility index (Phi) is 5.83. The molecular formula is C18H23BrN2. The third-order valence-corrected chi connectivity index (χ3v) is 4.17. The smallest absolute Gasteiger partial charge is 0.0437 e. The van der Waals surface area contributed by atoms with Gasteiger partial charge in [0.2, 0.25) is 0 Å². The van der Waals surface area contributed by atoms with Gasteiger partial charge in [-0.05, 0) is 29.3 Å². The maximum atomic E-state index is 3.70. The van der Waals surface area contributed by atoms with Crippen LogP contribution in [0.5, 0.6) is 0 Å². The Hall–Kier alpha value is -1.32. The van der Waals surface area contributed by atoms with Gasteiger partial charge in [-0.15, -0.1) is 0 Å². The number of nitrogens with zero attached hydrogens (tertiary/aromatic N) is 1. The minimum Gasteiger partial charge on any atom is -0.370 e. The molecule has 0 amide bonds. The molecule has 2 aromatic rings. The SMILES string of the molecule is CC(C)NCc1ccc(CN(C)c2ccccc2)c(Br)c1. The van der Waals surface area contributed by atoms with Gasteiger partial charge in [0.15, 0.2) is 0 Å². The highest BCUT2D eigenvalue weighted by Crippen LogP contribution is 2.22. The van der Waals surface area contributed by atoms with Crippen molar-refractivity contribution in [3.8, 4) is 0 Å². The molecular weight excluding hydrogens is 324 g/mol. The molecule has 0 bridgehead atoms. The highest BCUT2D eigenvalue weighted by atomic mass is 79.9. The molecule has 0 unspecified atom stereocenters. The molecule has 112 valence electrons. The zero-order chi connectivity index (χ0) is 15.2. The minimum absolute atomic E-state index is 0.507. The van der Waals surface area contributed by atoms with Crippen LogP contribution in [0.2, 0.25) is 0 Å². The summed E-state index contributed by atoms with van der Waals surface area (Å²) in [7, 11) is 2.12. The zero-order valence-corrected chi connectivity index (χ0v) is 14.5. The summed E-state index contributed by atoms with van der Waals surface area (Å²) < 4.78 is 1.17. The Bertz CT molecular complexity index is 567. The van der Waals surface area contributed by atoms with Gasteiger partial charge in [-0.2, -0.15) is 0 Å². The van der Waals surface area contributed by atoms with Gasteiger partial charge in [-0.25, -0.2) is 0 Å². The van der Waals surface area contributed by atoms with E-state index in [0.717, 1.165) is 13.1 Å². The molecule has 1 N–H and O–H groups in total. The first-order valence-corrected chi connectivity index (χ1v) is 8.12. The topological polar surface area (TPSA) is 15.3 Å². The molecule has 21 heavy (non-hydrogen) atoms. The van der Waals surface area contributed by atoms with Crippen molar-refractivity contribution in [3.05, 3.63) is 64.1 Å². The molecule has 3 heteroatoms. The van der Waals surface area contributed by atoms with Crippen LogP contribution in [-0.4, -0.2) is 13.1 Å². The number of benzene rings is 2. The van der Waals surface area contributed by atoms with Crippen molar-refractivity contribution in [3.63, 3.8) is 0 Å². The third-order valence-electron chi connectivity index (χ3n) is 3.44. The molecule has 0 spiro atoms. The van der Waals surface area contributed by atoms with Gasteiger partial charge in [0.25, 0.3) is 0 Å². The van der Waals surface area contributed by atoms with E-state index in [0.29, 0.717) is 6.04 Å². The summed E-state index contributed by atoms with van der Waals surface area (Å²) in [5.41, 5.74) is 3.84. The van der Waals surface area contributed by atoms with Crippen molar-refractivity contribution in [1.82, 2.24) is 5.32 Å². The monoisotopic (exact) mass is 346 g/mol. The summed E-state index contributed by atoms with van der Waals surface area (Å²) in [5, 5.41) is 3.44. The van der Waals surface area contributed by atoms with E-state index in [2.05, 4.69) is 89.5 Å². The summed E-state index contributed by atoms with van der Waals surface area (Å²) in [6.45, 7) is 6.13. The molecule has 0 saturated heterocycles. The fraction of sp³-hybridized carbons (Fsp3) is 0.333. The first-order chi connectivity index (χ1) is 10.1. The molecule has 0 heterocycles. The largest absolute Gasteiger partial charge is 0.370 e. The fourth-order valence-corrected chi connectivity index (χ4v) is 2.73. The number of anilines is 1. The van der Waals surface area contributed by atoms with E-state index in [4.69, 9.17) is 0 Å². The second kappa shape index (κ2) is 7.62. The van der Waals surface area contributed by atoms with Crippen LogP contribution in [0, 0.1) is 0 Å². The van der Waals surface area contributed by atoms with Crippen molar-refractivity contribution in [2.24, 2.45) is 0 Å². The van der Waals surface area contributed by atoms with E-state index >= 15 is 0 Å². The average molecular weight is 347 g/mol. The molecule has 0 atom stereocenters. The van der Waals surface area contributed by atoms with E-state index in [1.54, 1.807) is 0 Å². The number of hydrogen-bond donors (Lipinski definition) is 1. The van der Waals surface area contributed by atoms with Crippen molar-refractivity contribution < 1.29 is 0 Å². The summed E-state index contributed by atoms with van der Waals surface area (Å²) in [6, 6.07) is 17.6. The lowest BCUT2D eigenvalue weighted by atomic mass is 10.1. The van der Waals surface area contributed by atoms with Gasteiger partial charge in [0.05, 0.1) is 0 Å². The quantitative estimate of drug-likeness (QED) is 0.823. The van der Waals surface area contributed by atoms with Crippen molar-refractivity contribution in [2.45, 2.75) is 33.0 Å². The second-order valence-corrected chi connectivity index (χ2v) is 6.51. The van der Waals surface area contributed by atoms with Crippen molar-refractivity contribution >= 4 is 21.6 Å². The van der Waals surface area contributed by atoms with Crippen LogP contribution in [0.1, 0.15) is 25.0 Å². The summed E-state index contributed by atoms with van der Waals surface area (Å²) in [4.78, 5) is 2.26. The number of nitrogens with one attached hydrogen (secondary N) is 1. The number of rotatable bonds is 6. The van der Waals surface area contributed by atoms with Gasteiger partial charge in [-0.1, -0.05) is 60.1 Å². The number of halogens is 1. The lowest BCUT2D eigenvalue weighted by Gasteiger charge is -2.20. The first kappa shape index (κ1) is 16.1. The predicted octanol–water partition coefficient (Wildman–Crippen LogP) is 4.58. The molecule has 0 radical (unpaired) electrons. The van der Waals surface area contributed by atoms with Crippen molar-refractivity contribution in [2.75, 3.05) is 11.9 Å². The van der Waals surface area contributed by atoms with E-state index in [-0.39, 0.29) is 0 Å². The Morgan fingerprint density at radius 2 is 1.81 bits per heavy atom. The Morgan fingerprint density at radius 1 is 1.10 bits per heavy atom. The number of para-hydroxylation sites is 1. The van der Waals surface area contributed by atoms with Crippen LogP contribution in [0.25, 0.3) is 0 Å². The molecule has 0 fully saturated rings. The van der Waals surface area contributed by atoms with Crippen LogP contribution in [0.15, 0.2) is 53.0 Å². The van der Waals surface area contributed by atoms with Crippen LogP contribution < -0.4 is 10.2 Å². The third kappa shape index (κ3) is 4.87. The van der Waals surface area contributed by atoms with Gasteiger partial charge in [0, 0.05) is 36.3 Å². The molecule has 2 aromatic carbocycles. The first-order valence-electron chi connectivity index (χ1n) is 7.33. The van der Waals surface area contributed by atoms with Crippen LogP contribution in [0.3, 0.4) is 0 Å². The molecule has 0 aliphatic rings. The van der Waals surface area contributed by atoms with Gasteiger partial charge in [0.1, 0.15) is 0 Å². The van der Waals surface area contributed by atoms with E-state index in [1.807, 2.05) is 6.07 Å². The fourth-order valence-electron chi connectivity index (χ4n) is 2.18. The van der Waals surface area contributed by atoms with Gasteiger partial charge < -0.3 is 10.2 Å². The van der Waals surface area contributed by atoms with E-state index < -0.39 is 0 Å². The summed E-state index contributed by atoms with van der Waals surface area (Å²) in [5.74, 6) is 0. The minimum atomic E-state index is 0.507. The Morgan fingerprint density at radius 3 is 2.43 bits per heavy atom. The number of hydrogen-bond acceptors (Lipinski definition) is 2. The molecule has 2 rings (SSSR count). The molecule has 2 nitrogen and oxygen atoms in total. The Balaban J connectivity index is 2.04. The Labute approximate surface area is 136 Å².